The quantitative estimate of drug-likeness (QED) is 0.154. The summed E-state index contributed by atoms with van der Waals surface area (Å²) in [5.41, 5.74) is 9.81. The fraction of sp³-hybridized carbons (Fsp3) is 0.526. The lowest BCUT2D eigenvalue weighted by Crippen LogP contribution is -2.54. The highest BCUT2D eigenvalue weighted by atomic mass is 16.3. The molecule has 0 spiro atoms. The molecule has 4 aromatic rings. The maximum atomic E-state index is 13.3. The van der Waals surface area contributed by atoms with Crippen LogP contribution in [0.5, 0.6) is 5.75 Å². The van der Waals surface area contributed by atoms with Crippen LogP contribution in [0.1, 0.15) is 132 Å². The molecule has 1 saturated carbocycles. The Bertz CT molecular complexity index is 2400. The summed E-state index contributed by atoms with van der Waals surface area (Å²) in [4.78, 5) is 50.2. The highest BCUT2D eigenvalue weighted by Gasteiger charge is 2.40. The van der Waals surface area contributed by atoms with Crippen LogP contribution >= 0.6 is 0 Å². The molecule has 352 valence electrons. The van der Waals surface area contributed by atoms with Crippen LogP contribution in [0.3, 0.4) is 0 Å². The Kier molecular flexibility index (Phi) is 13.0. The highest BCUT2D eigenvalue weighted by molar-refractivity contribution is 6.05. The van der Waals surface area contributed by atoms with Crippen LogP contribution in [-0.4, -0.2) is 120 Å². The fourth-order valence-corrected chi connectivity index (χ4v) is 13.7. The molecule has 10 nitrogen and oxygen atoms in total. The normalized spacial score (nSPS) is 27.2. The van der Waals surface area contributed by atoms with Crippen LogP contribution in [0.15, 0.2) is 91.0 Å². The average molecular weight is 903 g/mol. The van der Waals surface area contributed by atoms with E-state index in [9.17, 15) is 19.5 Å². The molecule has 5 fully saturated rings. The molecule has 1 unspecified atom stereocenters. The van der Waals surface area contributed by atoms with Crippen molar-refractivity contribution >= 4 is 23.4 Å². The van der Waals surface area contributed by atoms with Crippen molar-refractivity contribution in [2.75, 3.05) is 70.3 Å². The summed E-state index contributed by atoms with van der Waals surface area (Å²) in [5, 5.41) is 12.7. The molecule has 11 rings (SSSR count). The molecular formula is C57H70N6O4. The van der Waals surface area contributed by atoms with Crippen molar-refractivity contribution < 1.29 is 19.5 Å². The van der Waals surface area contributed by atoms with Gasteiger partial charge in [-0.25, -0.2) is 0 Å². The van der Waals surface area contributed by atoms with E-state index in [1.54, 1.807) is 4.90 Å². The number of likely N-dealkylation sites (tertiary alicyclic amines) is 1. The van der Waals surface area contributed by atoms with E-state index in [2.05, 4.69) is 97.7 Å². The average Bonchev–Trinajstić information content (AvgIpc) is 3.69. The highest BCUT2D eigenvalue weighted by Crippen LogP contribution is 2.47. The van der Waals surface area contributed by atoms with Gasteiger partial charge < -0.3 is 24.7 Å². The number of amides is 3. The molecule has 4 aromatic carbocycles. The van der Waals surface area contributed by atoms with Crippen LogP contribution in [-0.2, 0) is 22.6 Å². The third-order valence-electron chi connectivity index (χ3n) is 17.5. The smallest absolute Gasteiger partial charge is 0.255 e. The lowest BCUT2D eigenvalue weighted by molar-refractivity contribution is -0.136. The first-order chi connectivity index (χ1) is 32.8. The SMILES string of the molecule is O=C1CCC(N2Cc3cc(C4CCN(C[C@H]5CCCC[C@@H]5CN5CCN(C6CCN(c7ccc([C@@H]8c9ccc(O)cc9CC[C@@H]8c8ccccc8)cc7)CC6)CC5)CC4)ccc3C2=O)C(=O)N1. The molecule has 7 aliphatic rings. The van der Waals surface area contributed by atoms with Gasteiger partial charge in [0.2, 0.25) is 11.8 Å². The molecule has 0 radical (unpaired) electrons. The largest absolute Gasteiger partial charge is 0.508 e. The second kappa shape index (κ2) is 19.5. The molecule has 0 bridgehead atoms. The number of piperidine rings is 3. The number of piperazine rings is 1. The van der Waals surface area contributed by atoms with Gasteiger partial charge in [0.1, 0.15) is 11.8 Å². The van der Waals surface area contributed by atoms with Crippen molar-refractivity contribution in [2.45, 2.75) is 113 Å². The van der Waals surface area contributed by atoms with Crippen molar-refractivity contribution in [1.82, 2.24) is 24.9 Å². The maximum absolute atomic E-state index is 13.3. The number of carbonyl (C=O) groups excluding carboxylic acids is 3. The van der Waals surface area contributed by atoms with Crippen molar-refractivity contribution in [2.24, 2.45) is 11.8 Å². The number of rotatable bonds is 10. The maximum Gasteiger partial charge on any atom is 0.255 e. The Morgan fingerprint density at radius 3 is 2.01 bits per heavy atom. The van der Waals surface area contributed by atoms with E-state index in [-0.39, 0.29) is 30.1 Å². The third kappa shape index (κ3) is 9.43. The Morgan fingerprint density at radius 1 is 0.597 bits per heavy atom. The number of anilines is 1. The van der Waals surface area contributed by atoms with E-state index >= 15 is 0 Å². The van der Waals surface area contributed by atoms with Crippen LogP contribution < -0.4 is 10.2 Å². The van der Waals surface area contributed by atoms with Gasteiger partial charge in [-0.2, -0.15) is 0 Å². The van der Waals surface area contributed by atoms with Crippen molar-refractivity contribution in [1.29, 1.82) is 0 Å². The van der Waals surface area contributed by atoms with E-state index < -0.39 is 6.04 Å². The standard InChI is InChI=1S/C57H70N6O4/c64-49-16-19-51-43(35-49)13-17-50(40-6-2-1-3-7-40)55(51)41-10-14-47(15-11-41)61-28-24-48(25-29-61)62-32-30-60(31-33-62)37-45-9-5-4-8-44(45)36-59-26-22-39(23-27-59)42-12-18-52-46(34-42)38-63(57(52)67)53-20-21-54(65)58-56(53)66/h1-3,6-7,10-12,14-16,18-19,34-35,39,44-45,48,50,53,55,64H,4-5,8-9,13,17,20-33,36-38H2,(H,58,65,66)/t44-,45-,50-,53?,55+/m1/s1. The Labute approximate surface area is 397 Å². The number of benzene rings is 4. The lowest BCUT2D eigenvalue weighted by Gasteiger charge is -2.45. The molecule has 2 N–H and O–H groups in total. The van der Waals surface area contributed by atoms with Gasteiger partial charge in [0, 0.05) is 88.5 Å². The first-order valence-electron chi connectivity index (χ1n) is 26.0. The molecule has 4 saturated heterocycles. The van der Waals surface area contributed by atoms with Crippen molar-refractivity contribution in [3.05, 3.63) is 130 Å². The van der Waals surface area contributed by atoms with Gasteiger partial charge in [0.05, 0.1) is 0 Å². The van der Waals surface area contributed by atoms with Crippen molar-refractivity contribution in [3.63, 3.8) is 0 Å². The number of nitrogens with one attached hydrogen (secondary N) is 1. The summed E-state index contributed by atoms with van der Waals surface area (Å²) in [6, 6.07) is 33.0. The van der Waals surface area contributed by atoms with Crippen LogP contribution in [0.4, 0.5) is 5.69 Å². The second-order valence-electron chi connectivity index (χ2n) is 21.3. The molecule has 5 aliphatic heterocycles. The zero-order chi connectivity index (χ0) is 45.4. The zero-order valence-electron chi connectivity index (χ0n) is 39.4. The summed E-state index contributed by atoms with van der Waals surface area (Å²) in [7, 11) is 0. The number of phenols is 1. The summed E-state index contributed by atoms with van der Waals surface area (Å²) in [6.45, 7) is 12.2. The van der Waals surface area contributed by atoms with Gasteiger partial charge in [0.25, 0.3) is 5.91 Å². The number of imide groups is 1. The van der Waals surface area contributed by atoms with Gasteiger partial charge in [-0.05, 0) is 158 Å². The first kappa shape index (κ1) is 44.5. The summed E-state index contributed by atoms with van der Waals surface area (Å²) < 4.78 is 0. The molecule has 3 amide bonds. The summed E-state index contributed by atoms with van der Waals surface area (Å²) >= 11 is 0. The number of aryl methyl sites for hydroxylation is 1. The van der Waals surface area contributed by atoms with Crippen LogP contribution in [0, 0.1) is 11.8 Å². The molecule has 0 aromatic heterocycles. The molecular weight excluding hydrogens is 833 g/mol. The topological polar surface area (TPSA) is 99.7 Å². The monoisotopic (exact) mass is 903 g/mol. The number of hydrogen-bond acceptors (Lipinski definition) is 8. The number of phenolic OH excluding ortho intramolecular Hbond substituents is 1. The molecule has 67 heavy (non-hydrogen) atoms. The lowest BCUT2D eigenvalue weighted by atomic mass is 9.69. The Hall–Kier alpha value is -5.03. The van der Waals surface area contributed by atoms with Gasteiger partial charge in [-0.15, -0.1) is 0 Å². The minimum atomic E-state index is -0.566. The van der Waals surface area contributed by atoms with Crippen molar-refractivity contribution in [3.8, 4) is 5.75 Å². The molecule has 5 heterocycles. The molecule has 5 atom stereocenters. The van der Waals surface area contributed by atoms with Gasteiger partial charge in [-0.3, -0.25) is 24.6 Å². The predicted molar refractivity (Wildman–Crippen MR) is 263 cm³/mol. The molecule has 10 heteroatoms. The van der Waals surface area contributed by atoms with Gasteiger partial charge in [0.15, 0.2) is 0 Å². The fourth-order valence-electron chi connectivity index (χ4n) is 13.7. The summed E-state index contributed by atoms with van der Waals surface area (Å²) in [5.74, 6) is 2.44. The Morgan fingerprint density at radius 2 is 1.30 bits per heavy atom. The number of carbonyl (C=O) groups is 3. The second-order valence-corrected chi connectivity index (χ2v) is 21.3. The minimum absolute atomic E-state index is 0.0894. The van der Waals surface area contributed by atoms with Gasteiger partial charge in [-0.1, -0.05) is 73.5 Å². The van der Waals surface area contributed by atoms with E-state index in [1.165, 1.54) is 111 Å². The number of hydrogen-bond donors (Lipinski definition) is 2. The van der Waals surface area contributed by atoms with E-state index in [1.807, 2.05) is 18.2 Å². The van der Waals surface area contributed by atoms with E-state index in [0.29, 0.717) is 42.2 Å². The number of aromatic hydroxyl groups is 1. The van der Waals surface area contributed by atoms with E-state index in [0.717, 1.165) is 69.3 Å². The minimum Gasteiger partial charge on any atom is -0.508 e. The predicted octanol–water partition coefficient (Wildman–Crippen LogP) is 8.29. The zero-order valence-corrected chi connectivity index (χ0v) is 39.4. The number of fused-ring (bicyclic) bond motifs is 2. The number of nitrogens with zero attached hydrogens (tertiary/aromatic N) is 5. The van der Waals surface area contributed by atoms with E-state index in [4.69, 9.17) is 0 Å². The summed E-state index contributed by atoms with van der Waals surface area (Å²) in [6.07, 6.45) is 13.0. The third-order valence-corrected chi connectivity index (χ3v) is 17.5. The van der Waals surface area contributed by atoms with Gasteiger partial charge >= 0.3 is 0 Å². The molecule has 2 aliphatic carbocycles. The first-order valence-corrected chi connectivity index (χ1v) is 26.0. The van der Waals surface area contributed by atoms with Crippen LogP contribution in [0.2, 0.25) is 0 Å². The Balaban J connectivity index is 0.634. The van der Waals surface area contributed by atoms with Crippen LogP contribution in [0.25, 0.3) is 0 Å².